The van der Waals surface area contributed by atoms with E-state index in [0.29, 0.717) is 6.61 Å². The average Bonchev–Trinajstić information content (AvgIpc) is 2.73. The SMILES string of the molecule is CCCCC(C(=O)OC)C1COC(C)(CC)O1. The van der Waals surface area contributed by atoms with Gasteiger partial charge in [-0.25, -0.2) is 0 Å². The molecule has 0 aromatic carbocycles. The maximum atomic E-state index is 11.7. The number of methoxy groups -OCH3 is 1. The zero-order valence-corrected chi connectivity index (χ0v) is 11.3. The molecule has 0 radical (unpaired) electrons. The van der Waals surface area contributed by atoms with Gasteiger partial charge in [-0.1, -0.05) is 26.7 Å². The van der Waals surface area contributed by atoms with E-state index in [-0.39, 0.29) is 18.0 Å². The summed E-state index contributed by atoms with van der Waals surface area (Å²) in [7, 11) is 1.43. The Hall–Kier alpha value is -0.610. The number of rotatable bonds is 6. The van der Waals surface area contributed by atoms with Gasteiger partial charge in [-0.15, -0.1) is 0 Å². The van der Waals surface area contributed by atoms with Crippen LogP contribution in [0.1, 0.15) is 46.5 Å². The first-order valence-electron chi connectivity index (χ1n) is 6.46. The van der Waals surface area contributed by atoms with Crippen LogP contribution in [0.15, 0.2) is 0 Å². The van der Waals surface area contributed by atoms with Crippen molar-refractivity contribution in [2.24, 2.45) is 5.92 Å². The first kappa shape index (κ1) is 14.5. The molecule has 0 amide bonds. The molecule has 17 heavy (non-hydrogen) atoms. The van der Waals surface area contributed by atoms with Gasteiger partial charge in [0.2, 0.25) is 0 Å². The van der Waals surface area contributed by atoms with E-state index in [1.54, 1.807) is 0 Å². The molecule has 3 unspecified atom stereocenters. The minimum atomic E-state index is -0.539. The molecule has 0 bridgehead atoms. The zero-order valence-electron chi connectivity index (χ0n) is 11.3. The molecular formula is C13H24O4. The zero-order chi connectivity index (χ0) is 12.9. The predicted molar refractivity (Wildman–Crippen MR) is 64.6 cm³/mol. The Morgan fingerprint density at radius 1 is 1.53 bits per heavy atom. The van der Waals surface area contributed by atoms with E-state index in [1.807, 2.05) is 13.8 Å². The average molecular weight is 244 g/mol. The largest absolute Gasteiger partial charge is 0.469 e. The monoisotopic (exact) mass is 244 g/mol. The van der Waals surface area contributed by atoms with Crippen molar-refractivity contribution in [1.29, 1.82) is 0 Å². The van der Waals surface area contributed by atoms with Gasteiger partial charge in [0.15, 0.2) is 5.79 Å². The quantitative estimate of drug-likeness (QED) is 0.673. The Kier molecular flexibility index (Phi) is 5.40. The lowest BCUT2D eigenvalue weighted by Gasteiger charge is -2.24. The van der Waals surface area contributed by atoms with Crippen LogP contribution < -0.4 is 0 Å². The molecule has 0 spiro atoms. The summed E-state index contributed by atoms with van der Waals surface area (Å²) < 4.78 is 16.3. The molecule has 1 heterocycles. The Morgan fingerprint density at radius 3 is 2.71 bits per heavy atom. The van der Waals surface area contributed by atoms with Crippen LogP contribution in [0, 0.1) is 5.92 Å². The molecule has 4 heteroatoms. The Labute approximate surface area is 104 Å². The van der Waals surface area contributed by atoms with Gasteiger partial charge in [0.25, 0.3) is 0 Å². The summed E-state index contributed by atoms with van der Waals surface area (Å²) in [6, 6.07) is 0. The van der Waals surface area contributed by atoms with Gasteiger partial charge in [0, 0.05) is 0 Å². The van der Waals surface area contributed by atoms with Crippen LogP contribution in [0.4, 0.5) is 0 Å². The third-order valence-electron chi connectivity index (χ3n) is 3.42. The maximum absolute atomic E-state index is 11.7. The molecule has 1 rings (SSSR count). The van der Waals surface area contributed by atoms with Crippen molar-refractivity contribution < 1.29 is 19.0 Å². The van der Waals surface area contributed by atoms with Crippen molar-refractivity contribution >= 4 is 5.97 Å². The minimum Gasteiger partial charge on any atom is -0.469 e. The molecular weight excluding hydrogens is 220 g/mol. The molecule has 1 fully saturated rings. The lowest BCUT2D eigenvalue weighted by Crippen LogP contribution is -2.33. The third kappa shape index (κ3) is 3.68. The van der Waals surface area contributed by atoms with Crippen LogP contribution in [0.3, 0.4) is 0 Å². The summed E-state index contributed by atoms with van der Waals surface area (Å²) in [5.41, 5.74) is 0. The molecule has 3 atom stereocenters. The molecule has 1 saturated heterocycles. The van der Waals surface area contributed by atoms with Crippen molar-refractivity contribution in [1.82, 2.24) is 0 Å². The number of ether oxygens (including phenoxy) is 3. The van der Waals surface area contributed by atoms with E-state index in [1.165, 1.54) is 7.11 Å². The van der Waals surface area contributed by atoms with Gasteiger partial charge in [0.05, 0.1) is 25.7 Å². The lowest BCUT2D eigenvalue weighted by molar-refractivity contribution is -0.170. The fourth-order valence-corrected chi connectivity index (χ4v) is 2.06. The second-order valence-corrected chi connectivity index (χ2v) is 4.73. The lowest BCUT2D eigenvalue weighted by atomic mass is 9.96. The van der Waals surface area contributed by atoms with E-state index in [4.69, 9.17) is 14.2 Å². The molecule has 0 aromatic rings. The van der Waals surface area contributed by atoms with Crippen LogP contribution >= 0.6 is 0 Å². The number of hydrogen-bond acceptors (Lipinski definition) is 4. The Morgan fingerprint density at radius 2 is 2.24 bits per heavy atom. The second kappa shape index (κ2) is 6.36. The number of carbonyl (C=O) groups is 1. The summed E-state index contributed by atoms with van der Waals surface area (Å²) in [5, 5.41) is 0. The van der Waals surface area contributed by atoms with Crippen molar-refractivity contribution in [2.75, 3.05) is 13.7 Å². The molecule has 100 valence electrons. The van der Waals surface area contributed by atoms with Crippen LogP contribution in [-0.4, -0.2) is 31.6 Å². The van der Waals surface area contributed by atoms with Crippen molar-refractivity contribution in [3.05, 3.63) is 0 Å². The van der Waals surface area contributed by atoms with E-state index in [2.05, 4.69) is 6.92 Å². The van der Waals surface area contributed by atoms with Crippen LogP contribution in [0.2, 0.25) is 0 Å². The van der Waals surface area contributed by atoms with Crippen LogP contribution in [0.5, 0.6) is 0 Å². The molecule has 1 aliphatic rings. The van der Waals surface area contributed by atoms with Crippen molar-refractivity contribution in [2.45, 2.75) is 58.3 Å². The highest BCUT2D eigenvalue weighted by Crippen LogP contribution is 2.32. The smallest absolute Gasteiger partial charge is 0.311 e. The molecule has 1 aliphatic heterocycles. The van der Waals surface area contributed by atoms with Gasteiger partial charge >= 0.3 is 5.97 Å². The standard InChI is InChI=1S/C13H24O4/c1-5-7-8-10(12(14)15-4)11-9-16-13(3,6-2)17-11/h10-11H,5-9H2,1-4H3. The van der Waals surface area contributed by atoms with Gasteiger partial charge < -0.3 is 14.2 Å². The Balaban J connectivity index is 2.62. The fraction of sp³-hybridized carbons (Fsp3) is 0.923. The first-order chi connectivity index (χ1) is 8.06. The molecule has 0 aliphatic carbocycles. The number of esters is 1. The third-order valence-corrected chi connectivity index (χ3v) is 3.42. The second-order valence-electron chi connectivity index (χ2n) is 4.73. The number of carbonyl (C=O) groups excluding carboxylic acids is 1. The molecule has 0 aromatic heterocycles. The van der Waals surface area contributed by atoms with Crippen molar-refractivity contribution in [3.63, 3.8) is 0 Å². The van der Waals surface area contributed by atoms with Crippen molar-refractivity contribution in [3.8, 4) is 0 Å². The van der Waals surface area contributed by atoms with Gasteiger partial charge in [-0.3, -0.25) is 4.79 Å². The van der Waals surface area contributed by atoms with Crippen LogP contribution in [0.25, 0.3) is 0 Å². The van der Waals surface area contributed by atoms with E-state index < -0.39 is 5.79 Å². The molecule has 0 N–H and O–H groups in total. The molecule has 0 saturated carbocycles. The Bertz CT molecular complexity index is 254. The number of unbranched alkanes of at least 4 members (excludes halogenated alkanes) is 1. The normalized spacial score (nSPS) is 30.2. The summed E-state index contributed by atoms with van der Waals surface area (Å²) in [5.74, 6) is -0.927. The summed E-state index contributed by atoms with van der Waals surface area (Å²) >= 11 is 0. The maximum Gasteiger partial charge on any atom is 0.311 e. The van der Waals surface area contributed by atoms with Gasteiger partial charge in [-0.2, -0.15) is 0 Å². The molecule has 4 nitrogen and oxygen atoms in total. The summed E-state index contributed by atoms with van der Waals surface area (Å²) in [6.45, 7) is 6.52. The van der Waals surface area contributed by atoms with E-state index >= 15 is 0 Å². The topological polar surface area (TPSA) is 44.8 Å². The van der Waals surface area contributed by atoms with Gasteiger partial charge in [-0.05, 0) is 19.8 Å². The first-order valence-corrected chi connectivity index (χ1v) is 6.46. The fourth-order valence-electron chi connectivity index (χ4n) is 2.06. The number of hydrogen-bond donors (Lipinski definition) is 0. The highest BCUT2D eigenvalue weighted by molar-refractivity contribution is 5.73. The highest BCUT2D eigenvalue weighted by atomic mass is 16.7. The van der Waals surface area contributed by atoms with E-state index in [0.717, 1.165) is 25.7 Å². The minimum absolute atomic E-state index is 0.168. The highest BCUT2D eigenvalue weighted by Gasteiger charge is 2.42. The summed E-state index contributed by atoms with van der Waals surface area (Å²) in [6.07, 6.45) is 3.48. The van der Waals surface area contributed by atoms with E-state index in [9.17, 15) is 4.79 Å². The predicted octanol–water partition coefficient (Wildman–Crippen LogP) is 2.51. The summed E-state index contributed by atoms with van der Waals surface area (Å²) in [4.78, 5) is 11.7. The van der Waals surface area contributed by atoms with Gasteiger partial charge in [0.1, 0.15) is 0 Å². The van der Waals surface area contributed by atoms with Crippen LogP contribution in [-0.2, 0) is 19.0 Å².